The summed E-state index contributed by atoms with van der Waals surface area (Å²) in [4.78, 5) is 14.9. The van der Waals surface area contributed by atoms with Crippen LogP contribution < -0.4 is 10.2 Å². The van der Waals surface area contributed by atoms with Crippen molar-refractivity contribution in [1.29, 1.82) is 0 Å². The van der Waals surface area contributed by atoms with Crippen molar-refractivity contribution in [2.45, 2.75) is 39.0 Å². The SMILES string of the molecule is CCCS(=O)(=O)N1CCC(C(=O)Nc2ccc(N3CCCC3)cc2)CC1. The molecule has 144 valence electrons. The van der Waals surface area contributed by atoms with Crippen LogP contribution in [-0.2, 0) is 14.8 Å². The number of hydrogen-bond donors (Lipinski definition) is 1. The first-order valence-corrected chi connectivity index (χ1v) is 11.2. The summed E-state index contributed by atoms with van der Waals surface area (Å²) in [7, 11) is -3.16. The maximum Gasteiger partial charge on any atom is 0.227 e. The maximum absolute atomic E-state index is 12.5. The number of nitrogens with zero attached hydrogens (tertiary/aromatic N) is 2. The van der Waals surface area contributed by atoms with Crippen LogP contribution >= 0.6 is 0 Å². The summed E-state index contributed by atoms with van der Waals surface area (Å²) in [5, 5.41) is 2.98. The molecule has 1 aromatic carbocycles. The van der Waals surface area contributed by atoms with E-state index in [0.717, 1.165) is 18.8 Å². The summed E-state index contributed by atoms with van der Waals surface area (Å²) < 4.78 is 25.8. The Kier molecular flexibility index (Phi) is 6.19. The minimum absolute atomic E-state index is 0.00791. The average Bonchev–Trinajstić information content (AvgIpc) is 3.17. The van der Waals surface area contributed by atoms with Crippen LogP contribution in [0, 0.1) is 5.92 Å². The van der Waals surface area contributed by atoms with E-state index in [-0.39, 0.29) is 17.6 Å². The smallest absolute Gasteiger partial charge is 0.227 e. The summed E-state index contributed by atoms with van der Waals surface area (Å²) >= 11 is 0. The van der Waals surface area contributed by atoms with Gasteiger partial charge in [-0.05, 0) is 56.4 Å². The van der Waals surface area contributed by atoms with Gasteiger partial charge in [-0.15, -0.1) is 0 Å². The highest BCUT2D eigenvalue weighted by Crippen LogP contribution is 2.24. The zero-order valence-electron chi connectivity index (χ0n) is 15.5. The Hall–Kier alpha value is -1.60. The van der Waals surface area contributed by atoms with Crippen LogP contribution in [0.3, 0.4) is 0 Å². The standard InChI is InChI=1S/C19H29N3O3S/c1-2-15-26(24,25)22-13-9-16(10-14-22)19(23)20-17-5-7-18(8-6-17)21-11-3-4-12-21/h5-8,16H,2-4,9-15H2,1H3,(H,20,23). The molecule has 26 heavy (non-hydrogen) atoms. The molecule has 2 aliphatic rings. The van der Waals surface area contributed by atoms with E-state index in [1.165, 1.54) is 22.8 Å². The van der Waals surface area contributed by atoms with Crippen molar-refractivity contribution in [3.63, 3.8) is 0 Å². The van der Waals surface area contributed by atoms with E-state index in [4.69, 9.17) is 0 Å². The number of benzene rings is 1. The van der Waals surface area contributed by atoms with Crippen LogP contribution in [-0.4, -0.2) is 50.6 Å². The Morgan fingerprint density at radius 2 is 1.69 bits per heavy atom. The van der Waals surface area contributed by atoms with E-state index in [0.29, 0.717) is 32.4 Å². The molecular formula is C19H29N3O3S. The first-order valence-electron chi connectivity index (χ1n) is 9.63. The van der Waals surface area contributed by atoms with Gasteiger partial charge in [0.15, 0.2) is 0 Å². The van der Waals surface area contributed by atoms with Gasteiger partial charge in [-0.1, -0.05) is 6.92 Å². The molecule has 7 heteroatoms. The fraction of sp³-hybridized carbons (Fsp3) is 0.632. The first kappa shape index (κ1) is 19.2. The zero-order valence-corrected chi connectivity index (χ0v) is 16.3. The van der Waals surface area contributed by atoms with Gasteiger partial charge in [0.05, 0.1) is 5.75 Å². The van der Waals surface area contributed by atoms with Crippen LogP contribution in [0.5, 0.6) is 0 Å². The zero-order chi connectivity index (χ0) is 18.6. The normalized spacial score (nSPS) is 19.7. The van der Waals surface area contributed by atoms with Gasteiger partial charge in [-0.25, -0.2) is 12.7 Å². The summed E-state index contributed by atoms with van der Waals surface area (Å²) in [6.45, 7) is 4.95. The summed E-state index contributed by atoms with van der Waals surface area (Å²) in [5.41, 5.74) is 2.01. The number of piperidine rings is 1. The van der Waals surface area contributed by atoms with Crippen molar-refractivity contribution in [3.05, 3.63) is 24.3 Å². The highest BCUT2D eigenvalue weighted by atomic mass is 32.2. The van der Waals surface area contributed by atoms with E-state index in [1.54, 1.807) is 0 Å². The third-order valence-corrected chi connectivity index (χ3v) is 7.36. The third-order valence-electron chi connectivity index (χ3n) is 5.29. The van der Waals surface area contributed by atoms with Gasteiger partial charge in [0, 0.05) is 43.5 Å². The number of anilines is 2. The lowest BCUT2D eigenvalue weighted by atomic mass is 9.97. The van der Waals surface area contributed by atoms with Crippen molar-refractivity contribution in [3.8, 4) is 0 Å². The van der Waals surface area contributed by atoms with Crippen LogP contribution in [0.2, 0.25) is 0 Å². The molecule has 2 saturated heterocycles. The second kappa shape index (κ2) is 8.39. The third kappa shape index (κ3) is 4.57. The number of sulfonamides is 1. The molecular weight excluding hydrogens is 350 g/mol. The number of nitrogens with one attached hydrogen (secondary N) is 1. The van der Waals surface area contributed by atoms with Crippen molar-refractivity contribution in [2.75, 3.05) is 42.1 Å². The van der Waals surface area contributed by atoms with Gasteiger partial charge in [-0.3, -0.25) is 4.79 Å². The molecule has 3 rings (SSSR count). The van der Waals surface area contributed by atoms with Crippen molar-refractivity contribution in [1.82, 2.24) is 4.31 Å². The fourth-order valence-corrected chi connectivity index (χ4v) is 5.30. The molecule has 0 unspecified atom stereocenters. The largest absolute Gasteiger partial charge is 0.372 e. The Bertz CT molecular complexity index is 704. The van der Waals surface area contributed by atoms with Gasteiger partial charge < -0.3 is 10.2 Å². The lowest BCUT2D eigenvalue weighted by Gasteiger charge is -2.30. The number of hydrogen-bond acceptors (Lipinski definition) is 4. The highest BCUT2D eigenvalue weighted by Gasteiger charge is 2.30. The molecule has 0 spiro atoms. The maximum atomic E-state index is 12.5. The minimum atomic E-state index is -3.16. The molecule has 6 nitrogen and oxygen atoms in total. The molecule has 2 aliphatic heterocycles. The van der Waals surface area contributed by atoms with Crippen LogP contribution in [0.1, 0.15) is 39.0 Å². The summed E-state index contributed by atoms with van der Waals surface area (Å²) in [5.74, 6) is 0.0561. The molecule has 2 heterocycles. The monoisotopic (exact) mass is 379 g/mol. The summed E-state index contributed by atoms with van der Waals surface area (Å²) in [6, 6.07) is 8.01. The van der Waals surface area contributed by atoms with E-state index >= 15 is 0 Å². The lowest BCUT2D eigenvalue weighted by molar-refractivity contribution is -0.120. The molecule has 0 aliphatic carbocycles. The fourth-order valence-electron chi connectivity index (χ4n) is 3.76. The van der Waals surface area contributed by atoms with E-state index in [9.17, 15) is 13.2 Å². The lowest BCUT2D eigenvalue weighted by Crippen LogP contribution is -2.42. The molecule has 0 radical (unpaired) electrons. The molecule has 0 aromatic heterocycles. The quantitative estimate of drug-likeness (QED) is 0.825. The predicted octanol–water partition coefficient (Wildman–Crippen LogP) is 2.68. The molecule has 1 amide bonds. The Labute approximate surface area is 156 Å². The number of carbonyl (C=O) groups excluding carboxylic acids is 1. The van der Waals surface area contributed by atoms with Gasteiger partial charge >= 0.3 is 0 Å². The topological polar surface area (TPSA) is 69.7 Å². The Balaban J connectivity index is 1.51. The van der Waals surface area contributed by atoms with E-state index in [2.05, 4.69) is 22.3 Å². The summed E-state index contributed by atoms with van der Waals surface area (Å²) in [6.07, 6.45) is 4.27. The van der Waals surface area contributed by atoms with Gasteiger partial charge in [0.1, 0.15) is 0 Å². The second-order valence-corrected chi connectivity index (χ2v) is 9.31. The Morgan fingerprint density at radius 1 is 1.08 bits per heavy atom. The number of carbonyl (C=O) groups is 1. The molecule has 1 N–H and O–H groups in total. The molecule has 0 atom stereocenters. The number of rotatable bonds is 6. The molecule has 0 saturated carbocycles. The molecule has 2 fully saturated rings. The minimum Gasteiger partial charge on any atom is -0.372 e. The van der Waals surface area contributed by atoms with E-state index < -0.39 is 10.0 Å². The number of amides is 1. The van der Waals surface area contributed by atoms with Gasteiger partial charge in [-0.2, -0.15) is 0 Å². The van der Waals surface area contributed by atoms with Crippen LogP contribution in [0.15, 0.2) is 24.3 Å². The van der Waals surface area contributed by atoms with Crippen molar-refractivity contribution in [2.24, 2.45) is 5.92 Å². The molecule has 0 bridgehead atoms. The first-order chi connectivity index (χ1) is 12.5. The molecule has 1 aromatic rings. The predicted molar refractivity (Wildman–Crippen MR) is 105 cm³/mol. The van der Waals surface area contributed by atoms with Gasteiger partial charge in [0.25, 0.3) is 0 Å². The van der Waals surface area contributed by atoms with Crippen LogP contribution in [0.25, 0.3) is 0 Å². The Morgan fingerprint density at radius 3 is 2.27 bits per heavy atom. The van der Waals surface area contributed by atoms with Crippen molar-refractivity contribution < 1.29 is 13.2 Å². The second-order valence-electron chi connectivity index (χ2n) is 7.22. The van der Waals surface area contributed by atoms with Crippen molar-refractivity contribution >= 4 is 27.3 Å². The van der Waals surface area contributed by atoms with E-state index in [1.807, 2.05) is 19.1 Å². The van der Waals surface area contributed by atoms with Gasteiger partial charge in [0.2, 0.25) is 15.9 Å². The average molecular weight is 380 g/mol. The van der Waals surface area contributed by atoms with Crippen LogP contribution in [0.4, 0.5) is 11.4 Å². The highest BCUT2D eigenvalue weighted by molar-refractivity contribution is 7.89.